The van der Waals surface area contributed by atoms with E-state index in [2.05, 4.69) is 209 Å². The van der Waals surface area contributed by atoms with E-state index >= 15 is 0 Å². The normalized spacial score (nSPS) is 15.8. The van der Waals surface area contributed by atoms with Crippen LogP contribution in [-0.2, 0) is 10.8 Å². The second-order valence-corrected chi connectivity index (χ2v) is 16.5. The molecule has 0 saturated heterocycles. The Bertz CT molecular complexity index is 2670. The molecule has 0 fully saturated rings. The van der Waals surface area contributed by atoms with E-state index in [1.165, 1.54) is 77.9 Å². The van der Waals surface area contributed by atoms with Crippen molar-refractivity contribution >= 4 is 28.2 Å². The predicted molar refractivity (Wildman–Crippen MR) is 233 cm³/mol. The first kappa shape index (κ1) is 33.4. The number of anilines is 3. The Morgan fingerprint density at radius 1 is 0.400 bits per heavy atom. The van der Waals surface area contributed by atoms with E-state index in [-0.39, 0.29) is 10.8 Å². The van der Waals surface area contributed by atoms with Gasteiger partial charge in [-0.15, -0.1) is 0 Å². The number of para-hydroxylation sites is 1. The summed E-state index contributed by atoms with van der Waals surface area (Å²) in [6.07, 6.45) is 4.63. The molecule has 3 aliphatic rings. The third-order valence-electron chi connectivity index (χ3n) is 12.7. The highest BCUT2D eigenvalue weighted by Crippen LogP contribution is 2.53. The molecule has 1 nitrogen and oxygen atoms in total. The highest BCUT2D eigenvalue weighted by molar-refractivity contribution is 5.91. The summed E-state index contributed by atoms with van der Waals surface area (Å²) >= 11 is 0. The summed E-state index contributed by atoms with van der Waals surface area (Å²) in [6, 6.07) is 62.9. The van der Waals surface area contributed by atoms with Crippen LogP contribution in [0.3, 0.4) is 0 Å². The van der Waals surface area contributed by atoms with Crippen molar-refractivity contribution in [2.24, 2.45) is 0 Å². The zero-order valence-corrected chi connectivity index (χ0v) is 32.1. The van der Waals surface area contributed by atoms with Crippen molar-refractivity contribution in [3.05, 3.63) is 209 Å². The largest absolute Gasteiger partial charge is 0.310 e. The van der Waals surface area contributed by atoms with E-state index in [1.807, 2.05) is 0 Å². The van der Waals surface area contributed by atoms with Gasteiger partial charge >= 0.3 is 0 Å². The molecule has 0 bridgehead atoms. The monoisotopic (exact) mass is 707 g/mol. The smallest absolute Gasteiger partial charge is 0.0540 e. The van der Waals surface area contributed by atoms with E-state index in [4.69, 9.17) is 0 Å². The summed E-state index contributed by atoms with van der Waals surface area (Å²) in [4.78, 5) is 2.42. The molecule has 0 saturated carbocycles. The standard InChI is InChI=1S/C54H45N/c1-53(2)48-19-11-8-17-44(48)46-32-26-39(34-50(46)53)36-22-28-41(29-23-36)55(52-21-13-10-16-43(52)38-14-6-5-7-15-38)42-30-24-37(25-31-42)40-27-33-47-45-18-9-12-20-49(45)54(3,4)51(47)35-40/h5-26,28-32,34-35H,27,33H2,1-4H3. The van der Waals surface area contributed by atoms with E-state index in [0.29, 0.717) is 0 Å². The van der Waals surface area contributed by atoms with Crippen LogP contribution in [0.2, 0.25) is 0 Å². The Kier molecular flexibility index (Phi) is 7.72. The van der Waals surface area contributed by atoms with Gasteiger partial charge in [0.05, 0.1) is 5.69 Å². The Labute approximate surface area is 326 Å². The quantitative estimate of drug-likeness (QED) is 0.166. The Morgan fingerprint density at radius 2 is 0.945 bits per heavy atom. The molecule has 0 N–H and O–H groups in total. The van der Waals surface area contributed by atoms with Crippen molar-refractivity contribution < 1.29 is 0 Å². The van der Waals surface area contributed by atoms with Crippen LogP contribution >= 0.6 is 0 Å². The van der Waals surface area contributed by atoms with Gasteiger partial charge in [0, 0.05) is 27.8 Å². The minimum Gasteiger partial charge on any atom is -0.310 e. The van der Waals surface area contributed by atoms with Crippen LogP contribution < -0.4 is 4.90 Å². The van der Waals surface area contributed by atoms with Crippen molar-refractivity contribution in [1.82, 2.24) is 0 Å². The molecule has 3 aliphatic carbocycles. The number of allylic oxidation sites excluding steroid dienone is 4. The molecular weight excluding hydrogens is 663 g/mol. The van der Waals surface area contributed by atoms with E-state index < -0.39 is 0 Å². The summed E-state index contributed by atoms with van der Waals surface area (Å²) in [6.45, 7) is 9.47. The first-order chi connectivity index (χ1) is 26.8. The zero-order chi connectivity index (χ0) is 37.3. The predicted octanol–water partition coefficient (Wildman–Crippen LogP) is 14.7. The lowest BCUT2D eigenvalue weighted by Gasteiger charge is -2.29. The molecule has 10 rings (SSSR count). The molecule has 0 spiro atoms. The topological polar surface area (TPSA) is 3.24 Å². The molecular formula is C54H45N. The maximum absolute atomic E-state index is 2.49. The number of hydrogen-bond donors (Lipinski definition) is 0. The second-order valence-electron chi connectivity index (χ2n) is 16.5. The summed E-state index contributed by atoms with van der Waals surface area (Å²) in [7, 11) is 0. The molecule has 0 aliphatic heterocycles. The average molecular weight is 708 g/mol. The van der Waals surface area contributed by atoms with Crippen LogP contribution in [0.1, 0.15) is 68.4 Å². The van der Waals surface area contributed by atoms with E-state index in [0.717, 1.165) is 29.9 Å². The SMILES string of the molecule is CC1(C)C2=C(CCC(c3ccc(N(c4ccc(-c5ccc6c(c5)C(C)(C)c5ccccc5-6)cc4)c4ccccc4-c4ccccc4)cc3)=C2)c2ccccc21. The van der Waals surface area contributed by atoms with Gasteiger partial charge in [0.25, 0.3) is 0 Å². The third-order valence-corrected chi connectivity index (χ3v) is 12.7. The molecule has 0 aromatic heterocycles. The third kappa shape index (κ3) is 5.36. The van der Waals surface area contributed by atoms with E-state index in [1.54, 1.807) is 0 Å². The lowest BCUT2D eigenvalue weighted by molar-refractivity contribution is 0.652. The molecule has 7 aromatic carbocycles. The van der Waals surface area contributed by atoms with Gasteiger partial charge in [-0.25, -0.2) is 0 Å². The van der Waals surface area contributed by atoms with Crippen LogP contribution in [-0.4, -0.2) is 0 Å². The van der Waals surface area contributed by atoms with Crippen molar-refractivity contribution in [3.8, 4) is 33.4 Å². The number of fused-ring (bicyclic) bond motifs is 5. The van der Waals surface area contributed by atoms with Gasteiger partial charge < -0.3 is 4.90 Å². The van der Waals surface area contributed by atoms with Crippen LogP contribution in [0.4, 0.5) is 17.1 Å². The molecule has 0 heterocycles. The fourth-order valence-corrected chi connectivity index (χ4v) is 9.70. The van der Waals surface area contributed by atoms with Crippen LogP contribution in [0.25, 0.3) is 44.5 Å². The van der Waals surface area contributed by atoms with Crippen molar-refractivity contribution in [2.45, 2.75) is 51.4 Å². The number of rotatable bonds is 6. The van der Waals surface area contributed by atoms with Gasteiger partial charge in [0.15, 0.2) is 0 Å². The molecule has 0 radical (unpaired) electrons. The van der Waals surface area contributed by atoms with Gasteiger partial charge in [-0.3, -0.25) is 0 Å². The summed E-state index contributed by atoms with van der Waals surface area (Å²) < 4.78 is 0. The number of nitrogens with zero attached hydrogens (tertiary/aromatic N) is 1. The van der Waals surface area contributed by atoms with Gasteiger partial charge in [0.2, 0.25) is 0 Å². The lowest BCUT2D eigenvalue weighted by atomic mass is 9.78. The molecule has 0 amide bonds. The van der Waals surface area contributed by atoms with E-state index in [9.17, 15) is 0 Å². The van der Waals surface area contributed by atoms with Crippen molar-refractivity contribution in [2.75, 3.05) is 4.90 Å². The Hall–Kier alpha value is -6.18. The molecule has 1 heteroatoms. The molecule has 7 aromatic rings. The Morgan fingerprint density at radius 3 is 1.65 bits per heavy atom. The minimum absolute atomic E-state index is 0.0165. The summed E-state index contributed by atoms with van der Waals surface area (Å²) in [5.74, 6) is 0. The Balaban J connectivity index is 1.03. The van der Waals surface area contributed by atoms with Crippen LogP contribution in [0.15, 0.2) is 182 Å². The zero-order valence-electron chi connectivity index (χ0n) is 32.1. The number of hydrogen-bond acceptors (Lipinski definition) is 1. The van der Waals surface area contributed by atoms with Gasteiger partial charge in [0.1, 0.15) is 0 Å². The van der Waals surface area contributed by atoms with Crippen LogP contribution in [0, 0.1) is 0 Å². The minimum atomic E-state index is -0.0306. The van der Waals surface area contributed by atoms with Gasteiger partial charge in [-0.1, -0.05) is 167 Å². The maximum Gasteiger partial charge on any atom is 0.0540 e. The lowest BCUT2D eigenvalue weighted by Crippen LogP contribution is -2.17. The summed E-state index contributed by atoms with van der Waals surface area (Å²) in [5.41, 5.74) is 22.4. The highest BCUT2D eigenvalue weighted by atomic mass is 15.1. The average Bonchev–Trinajstić information content (AvgIpc) is 3.61. The highest BCUT2D eigenvalue weighted by Gasteiger charge is 2.38. The maximum atomic E-state index is 2.49. The van der Waals surface area contributed by atoms with Gasteiger partial charge in [-0.05, 0) is 122 Å². The van der Waals surface area contributed by atoms with Crippen molar-refractivity contribution in [3.63, 3.8) is 0 Å². The fourth-order valence-electron chi connectivity index (χ4n) is 9.70. The summed E-state index contributed by atoms with van der Waals surface area (Å²) in [5, 5.41) is 0. The van der Waals surface area contributed by atoms with Crippen molar-refractivity contribution in [1.29, 1.82) is 0 Å². The molecule has 0 unspecified atom stereocenters. The first-order valence-corrected chi connectivity index (χ1v) is 19.7. The molecule has 55 heavy (non-hydrogen) atoms. The first-order valence-electron chi connectivity index (χ1n) is 19.7. The second kappa shape index (κ2) is 12.7. The molecule has 0 atom stereocenters. The van der Waals surface area contributed by atoms with Crippen LogP contribution in [0.5, 0.6) is 0 Å². The number of benzene rings is 7. The fraction of sp³-hybridized carbons (Fsp3) is 0.148. The van der Waals surface area contributed by atoms with Gasteiger partial charge in [-0.2, -0.15) is 0 Å². The molecule has 266 valence electrons.